The first-order valence-electron chi connectivity index (χ1n) is 34.3. The standard InChI is InChI=1S/C77H126O6/c1-4-7-10-13-16-19-22-25-28-31-34-35-36-37-38-39-40-41-44-46-49-52-55-58-61-64-67-70-76(79)82-73-74(83-77(80)71-68-65-62-59-56-53-50-47-43-33-30-27-24-21-18-15-12-9-6-3)72-81-75(78)69-66-63-60-57-54-51-48-45-42-32-29-26-23-20-17-14-11-8-5-2/h8-9,11-12,17-18,20-22,25-27,29-31,34,42-43,45,47,51,53-54,56,74H,4-7,10,13-16,19,23-24,28,32-33,35-41,44,46,48-50,52,55,57-73H2,1-3H3/b11-8-,12-9-,20-17-,21-18-,25-22-,29-26-,30-27-,34-31-,45-42-,47-43-,54-51-,56-53-. The van der Waals surface area contributed by atoms with Gasteiger partial charge in [-0.1, -0.05) is 289 Å². The van der Waals surface area contributed by atoms with Gasteiger partial charge in [0.05, 0.1) is 0 Å². The number of allylic oxidation sites excluding steroid dienone is 24. The van der Waals surface area contributed by atoms with Crippen LogP contribution >= 0.6 is 0 Å². The van der Waals surface area contributed by atoms with Crippen LogP contribution in [0.1, 0.15) is 303 Å². The molecule has 0 aromatic carbocycles. The summed E-state index contributed by atoms with van der Waals surface area (Å²) in [6, 6.07) is 0. The minimum absolute atomic E-state index is 0.106. The average Bonchev–Trinajstić information content (AvgIpc) is 3.50. The van der Waals surface area contributed by atoms with E-state index in [9.17, 15) is 14.4 Å². The highest BCUT2D eigenvalue weighted by Gasteiger charge is 2.19. The van der Waals surface area contributed by atoms with Gasteiger partial charge in [0.2, 0.25) is 0 Å². The maximum absolute atomic E-state index is 12.9. The minimum Gasteiger partial charge on any atom is -0.462 e. The molecule has 0 saturated carbocycles. The summed E-state index contributed by atoms with van der Waals surface area (Å²) < 4.78 is 16.9. The van der Waals surface area contributed by atoms with Gasteiger partial charge in [-0.25, -0.2) is 0 Å². The topological polar surface area (TPSA) is 78.9 Å². The largest absolute Gasteiger partial charge is 0.462 e. The van der Waals surface area contributed by atoms with Crippen LogP contribution in [0.15, 0.2) is 146 Å². The van der Waals surface area contributed by atoms with Crippen molar-refractivity contribution in [1.29, 1.82) is 0 Å². The fourth-order valence-corrected chi connectivity index (χ4v) is 9.23. The van der Waals surface area contributed by atoms with Crippen LogP contribution in [-0.2, 0) is 28.6 Å². The lowest BCUT2D eigenvalue weighted by atomic mass is 10.0. The first-order chi connectivity index (χ1) is 41.0. The predicted octanol–water partition coefficient (Wildman–Crippen LogP) is 23.9. The maximum atomic E-state index is 12.9. The van der Waals surface area contributed by atoms with E-state index < -0.39 is 6.10 Å². The van der Waals surface area contributed by atoms with Crippen molar-refractivity contribution < 1.29 is 28.6 Å². The molecule has 0 fully saturated rings. The molecular weight excluding hydrogens is 1020 g/mol. The summed E-state index contributed by atoms with van der Waals surface area (Å²) in [7, 11) is 0. The fourth-order valence-electron chi connectivity index (χ4n) is 9.23. The van der Waals surface area contributed by atoms with Gasteiger partial charge in [-0.05, 0) is 141 Å². The van der Waals surface area contributed by atoms with Gasteiger partial charge in [0.15, 0.2) is 6.10 Å². The molecule has 0 aromatic heterocycles. The lowest BCUT2D eigenvalue weighted by Gasteiger charge is -2.18. The fraction of sp³-hybridized carbons (Fsp3) is 0.649. The second kappa shape index (κ2) is 69.8. The minimum atomic E-state index is -0.818. The van der Waals surface area contributed by atoms with Gasteiger partial charge in [0, 0.05) is 19.3 Å². The van der Waals surface area contributed by atoms with Crippen molar-refractivity contribution in [2.45, 2.75) is 309 Å². The van der Waals surface area contributed by atoms with Gasteiger partial charge in [0.1, 0.15) is 13.2 Å². The van der Waals surface area contributed by atoms with Crippen molar-refractivity contribution in [3.05, 3.63) is 146 Å². The third-order valence-corrected chi connectivity index (χ3v) is 14.3. The second-order valence-electron chi connectivity index (χ2n) is 22.3. The molecule has 1 atom stereocenters. The average molecular weight is 1150 g/mol. The van der Waals surface area contributed by atoms with Crippen molar-refractivity contribution in [2.75, 3.05) is 13.2 Å². The number of rotatable bonds is 61. The van der Waals surface area contributed by atoms with E-state index in [-0.39, 0.29) is 37.5 Å². The molecule has 0 spiro atoms. The molecule has 0 amide bonds. The number of ether oxygens (including phenoxy) is 3. The Morgan fingerprint density at radius 1 is 0.253 bits per heavy atom. The number of unbranched alkanes of at least 4 members (excludes halogenated alkanes) is 26. The smallest absolute Gasteiger partial charge is 0.306 e. The molecule has 0 heterocycles. The summed E-state index contributed by atoms with van der Waals surface area (Å²) in [5.74, 6) is -0.969. The van der Waals surface area contributed by atoms with Gasteiger partial charge in [-0.15, -0.1) is 0 Å². The van der Waals surface area contributed by atoms with Crippen LogP contribution < -0.4 is 0 Å². The maximum Gasteiger partial charge on any atom is 0.306 e. The molecule has 0 aliphatic carbocycles. The molecule has 0 aromatic rings. The van der Waals surface area contributed by atoms with Crippen LogP contribution in [0.25, 0.3) is 0 Å². The third-order valence-electron chi connectivity index (χ3n) is 14.3. The Kier molecular flexibility index (Phi) is 65.8. The van der Waals surface area contributed by atoms with Crippen molar-refractivity contribution in [1.82, 2.24) is 0 Å². The summed E-state index contributed by atoms with van der Waals surface area (Å²) in [6.45, 7) is 6.36. The summed E-state index contributed by atoms with van der Waals surface area (Å²) in [4.78, 5) is 38.4. The van der Waals surface area contributed by atoms with E-state index in [0.29, 0.717) is 19.3 Å². The van der Waals surface area contributed by atoms with E-state index in [0.717, 1.165) is 135 Å². The van der Waals surface area contributed by atoms with Crippen LogP contribution in [0.4, 0.5) is 0 Å². The molecule has 0 saturated heterocycles. The molecule has 0 radical (unpaired) electrons. The number of carbonyl (C=O) groups excluding carboxylic acids is 3. The zero-order valence-corrected chi connectivity index (χ0v) is 53.9. The lowest BCUT2D eigenvalue weighted by molar-refractivity contribution is -0.167. The Labute approximate surface area is 512 Å². The highest BCUT2D eigenvalue weighted by atomic mass is 16.6. The summed E-state index contributed by atoms with van der Waals surface area (Å²) in [5.41, 5.74) is 0. The van der Waals surface area contributed by atoms with Crippen LogP contribution in [0.2, 0.25) is 0 Å². The highest BCUT2D eigenvalue weighted by molar-refractivity contribution is 5.71. The molecule has 1 unspecified atom stereocenters. The molecule has 6 nitrogen and oxygen atoms in total. The van der Waals surface area contributed by atoms with Crippen molar-refractivity contribution in [2.24, 2.45) is 0 Å². The Morgan fingerprint density at radius 2 is 0.470 bits per heavy atom. The van der Waals surface area contributed by atoms with Crippen molar-refractivity contribution >= 4 is 17.9 Å². The Hall–Kier alpha value is -4.71. The Balaban J connectivity index is 4.44. The van der Waals surface area contributed by atoms with Gasteiger partial charge in [-0.2, -0.15) is 0 Å². The van der Waals surface area contributed by atoms with Crippen LogP contribution in [0.3, 0.4) is 0 Å². The molecular formula is C77H126O6. The van der Waals surface area contributed by atoms with Gasteiger partial charge in [-0.3, -0.25) is 14.4 Å². The predicted molar refractivity (Wildman–Crippen MR) is 362 cm³/mol. The van der Waals surface area contributed by atoms with Crippen LogP contribution in [0.5, 0.6) is 0 Å². The SMILES string of the molecule is CC/C=C\C/C=C\C/C=C\C/C=C\C/C=C\CCCCCC(=O)OCC(COC(=O)CCCCCCCCCCCCCCCCC/C=C\C/C=C\CCCCCCC)OC(=O)CCCCC/C=C\C/C=C\C/C=C\C/C=C\C/C=C\CC. The van der Waals surface area contributed by atoms with Crippen molar-refractivity contribution in [3.8, 4) is 0 Å². The molecule has 470 valence electrons. The number of carbonyl (C=O) groups is 3. The monoisotopic (exact) mass is 1150 g/mol. The zero-order valence-electron chi connectivity index (χ0n) is 53.9. The first-order valence-corrected chi connectivity index (χ1v) is 34.3. The normalized spacial score (nSPS) is 13.0. The third kappa shape index (κ3) is 68.0. The van der Waals surface area contributed by atoms with E-state index >= 15 is 0 Å². The van der Waals surface area contributed by atoms with Gasteiger partial charge < -0.3 is 14.2 Å². The molecule has 0 rings (SSSR count). The lowest BCUT2D eigenvalue weighted by Crippen LogP contribution is -2.30. The second-order valence-corrected chi connectivity index (χ2v) is 22.3. The molecule has 0 bridgehead atoms. The molecule has 0 N–H and O–H groups in total. The zero-order chi connectivity index (χ0) is 59.9. The van der Waals surface area contributed by atoms with E-state index in [2.05, 4.69) is 167 Å². The van der Waals surface area contributed by atoms with E-state index in [1.54, 1.807) is 0 Å². The summed E-state index contributed by atoms with van der Waals surface area (Å²) in [6.07, 6.45) is 100. The molecule has 0 aliphatic heterocycles. The molecule has 83 heavy (non-hydrogen) atoms. The summed E-state index contributed by atoms with van der Waals surface area (Å²) >= 11 is 0. The van der Waals surface area contributed by atoms with E-state index in [1.807, 2.05) is 0 Å². The quantitative estimate of drug-likeness (QED) is 0.0261. The van der Waals surface area contributed by atoms with E-state index in [4.69, 9.17) is 14.2 Å². The van der Waals surface area contributed by atoms with Crippen LogP contribution in [0, 0.1) is 0 Å². The van der Waals surface area contributed by atoms with E-state index in [1.165, 1.54) is 122 Å². The first kappa shape index (κ1) is 78.3. The van der Waals surface area contributed by atoms with Crippen molar-refractivity contribution in [3.63, 3.8) is 0 Å². The molecule has 6 heteroatoms. The number of hydrogen-bond donors (Lipinski definition) is 0. The van der Waals surface area contributed by atoms with Gasteiger partial charge in [0.25, 0.3) is 0 Å². The summed E-state index contributed by atoms with van der Waals surface area (Å²) in [5, 5.41) is 0. The Bertz CT molecular complexity index is 1800. The number of hydrogen-bond acceptors (Lipinski definition) is 6. The van der Waals surface area contributed by atoms with Crippen LogP contribution in [-0.4, -0.2) is 37.2 Å². The number of esters is 3. The van der Waals surface area contributed by atoms with Gasteiger partial charge >= 0.3 is 17.9 Å². The highest BCUT2D eigenvalue weighted by Crippen LogP contribution is 2.16. The Morgan fingerprint density at radius 3 is 0.747 bits per heavy atom. The molecule has 0 aliphatic rings.